The van der Waals surface area contributed by atoms with Crippen LogP contribution in [0.25, 0.3) is 10.8 Å². The number of nitrogen functional groups attached to an aromatic ring is 1. The molecule has 128 valence electrons. The van der Waals surface area contributed by atoms with E-state index in [1.165, 1.54) is 19.2 Å². The maximum Gasteiger partial charge on any atom is 0.416 e. The molecule has 3 aromatic rings. The van der Waals surface area contributed by atoms with Crippen molar-refractivity contribution in [3.05, 3.63) is 60.2 Å². The monoisotopic (exact) mass is 345 g/mol. The number of alkyl halides is 3. The summed E-state index contributed by atoms with van der Waals surface area (Å²) in [6, 6.07) is 13.5. The highest BCUT2D eigenvalue weighted by atomic mass is 19.4. The first-order valence-electron chi connectivity index (χ1n) is 7.34. The van der Waals surface area contributed by atoms with Crippen molar-refractivity contribution in [2.45, 2.75) is 6.18 Å². The Balaban J connectivity index is 2.00. The number of hydrogen-bond acceptors (Lipinski definition) is 4. The third kappa shape index (κ3) is 3.40. The SMILES string of the molecule is COc1cc(N=Nc2ccc(C(F)(F)F)cc2)c2ccccc2c1N. The molecule has 0 atom stereocenters. The van der Waals surface area contributed by atoms with Crippen molar-refractivity contribution in [2.75, 3.05) is 12.8 Å². The third-order valence-corrected chi connectivity index (χ3v) is 3.71. The van der Waals surface area contributed by atoms with Crippen LogP contribution in [-0.4, -0.2) is 7.11 Å². The molecule has 0 radical (unpaired) electrons. The zero-order valence-electron chi connectivity index (χ0n) is 13.2. The molecular weight excluding hydrogens is 331 g/mol. The van der Waals surface area contributed by atoms with Crippen molar-refractivity contribution in [3.63, 3.8) is 0 Å². The van der Waals surface area contributed by atoms with Crippen LogP contribution in [0.3, 0.4) is 0 Å². The van der Waals surface area contributed by atoms with Crippen molar-refractivity contribution >= 4 is 27.8 Å². The molecule has 0 aliphatic carbocycles. The standard InChI is InChI=1S/C18H14F3N3O/c1-25-16-10-15(13-4-2-3-5-14(13)17(16)22)24-23-12-8-6-11(7-9-12)18(19,20)21/h2-10H,22H2,1H3. The fraction of sp³-hybridized carbons (Fsp3) is 0.111. The van der Waals surface area contributed by atoms with Crippen molar-refractivity contribution in [1.29, 1.82) is 0 Å². The number of benzene rings is 3. The number of hydrogen-bond donors (Lipinski definition) is 1. The van der Waals surface area contributed by atoms with E-state index >= 15 is 0 Å². The number of nitrogens with zero attached hydrogens (tertiary/aromatic N) is 2. The second-order valence-electron chi connectivity index (χ2n) is 5.30. The molecule has 0 aliphatic rings. The molecule has 0 saturated heterocycles. The van der Waals surface area contributed by atoms with E-state index in [1.807, 2.05) is 24.3 Å². The summed E-state index contributed by atoms with van der Waals surface area (Å²) in [4.78, 5) is 0. The van der Waals surface area contributed by atoms with Crippen LogP contribution in [-0.2, 0) is 6.18 Å². The van der Waals surface area contributed by atoms with Gasteiger partial charge in [0, 0.05) is 16.8 Å². The van der Waals surface area contributed by atoms with Crippen molar-refractivity contribution in [3.8, 4) is 5.75 Å². The lowest BCUT2D eigenvalue weighted by atomic mass is 10.1. The van der Waals surface area contributed by atoms with E-state index in [2.05, 4.69) is 10.2 Å². The van der Waals surface area contributed by atoms with Crippen LogP contribution in [0.2, 0.25) is 0 Å². The van der Waals surface area contributed by atoms with E-state index in [0.29, 0.717) is 22.8 Å². The quantitative estimate of drug-likeness (QED) is 0.477. The largest absolute Gasteiger partial charge is 0.494 e. The van der Waals surface area contributed by atoms with Gasteiger partial charge < -0.3 is 10.5 Å². The minimum absolute atomic E-state index is 0.313. The van der Waals surface area contributed by atoms with Crippen LogP contribution >= 0.6 is 0 Å². The minimum Gasteiger partial charge on any atom is -0.494 e. The molecule has 2 N–H and O–H groups in total. The zero-order valence-corrected chi connectivity index (χ0v) is 13.2. The Kier molecular flexibility index (Phi) is 4.31. The molecule has 0 heterocycles. The molecule has 0 saturated carbocycles. The lowest BCUT2D eigenvalue weighted by molar-refractivity contribution is -0.137. The third-order valence-electron chi connectivity index (χ3n) is 3.71. The summed E-state index contributed by atoms with van der Waals surface area (Å²) in [5.41, 5.74) is 6.65. The maximum absolute atomic E-state index is 12.6. The number of anilines is 1. The number of azo groups is 1. The van der Waals surface area contributed by atoms with Gasteiger partial charge in [-0.1, -0.05) is 24.3 Å². The highest BCUT2D eigenvalue weighted by Crippen LogP contribution is 2.38. The summed E-state index contributed by atoms with van der Waals surface area (Å²) >= 11 is 0. The Morgan fingerprint density at radius 1 is 0.920 bits per heavy atom. The number of ether oxygens (including phenoxy) is 1. The van der Waals surface area contributed by atoms with Gasteiger partial charge in [0.25, 0.3) is 0 Å². The summed E-state index contributed by atoms with van der Waals surface area (Å²) in [6.07, 6.45) is -4.38. The van der Waals surface area contributed by atoms with Crippen LogP contribution in [0.4, 0.5) is 30.2 Å². The van der Waals surface area contributed by atoms with Gasteiger partial charge in [0.2, 0.25) is 0 Å². The maximum atomic E-state index is 12.6. The van der Waals surface area contributed by atoms with Crippen LogP contribution < -0.4 is 10.5 Å². The van der Waals surface area contributed by atoms with E-state index in [0.717, 1.165) is 22.9 Å². The zero-order chi connectivity index (χ0) is 18.0. The summed E-state index contributed by atoms with van der Waals surface area (Å²) < 4.78 is 43.0. The molecule has 0 unspecified atom stereocenters. The van der Waals surface area contributed by atoms with Gasteiger partial charge in [0.15, 0.2) is 0 Å². The fourth-order valence-electron chi connectivity index (χ4n) is 2.43. The summed E-state index contributed by atoms with van der Waals surface area (Å²) in [5.74, 6) is 0.458. The summed E-state index contributed by atoms with van der Waals surface area (Å²) in [7, 11) is 1.50. The van der Waals surface area contributed by atoms with Crippen molar-refractivity contribution in [2.24, 2.45) is 10.2 Å². The van der Waals surface area contributed by atoms with Crippen LogP contribution in [0.5, 0.6) is 5.75 Å². The molecule has 4 nitrogen and oxygen atoms in total. The molecule has 25 heavy (non-hydrogen) atoms. The Labute approximate surface area is 141 Å². The van der Waals surface area contributed by atoms with Gasteiger partial charge in [0.05, 0.1) is 29.7 Å². The van der Waals surface area contributed by atoms with Crippen molar-refractivity contribution < 1.29 is 17.9 Å². The molecule has 3 rings (SSSR count). The number of methoxy groups -OCH3 is 1. The number of fused-ring (bicyclic) bond motifs is 1. The van der Waals surface area contributed by atoms with Crippen molar-refractivity contribution in [1.82, 2.24) is 0 Å². The average molecular weight is 345 g/mol. The molecule has 7 heteroatoms. The molecule has 0 aliphatic heterocycles. The number of rotatable bonds is 3. The summed E-state index contributed by atoms with van der Waals surface area (Å²) in [5, 5.41) is 9.71. The second-order valence-corrected chi connectivity index (χ2v) is 5.30. The lowest BCUT2D eigenvalue weighted by Crippen LogP contribution is -2.03. The van der Waals surface area contributed by atoms with Gasteiger partial charge in [-0.2, -0.15) is 18.3 Å². The Morgan fingerprint density at radius 3 is 2.16 bits per heavy atom. The second kappa shape index (κ2) is 6.43. The predicted molar refractivity (Wildman–Crippen MR) is 90.5 cm³/mol. The van der Waals surface area contributed by atoms with Crippen LogP contribution in [0.15, 0.2) is 64.8 Å². The Morgan fingerprint density at radius 2 is 1.56 bits per heavy atom. The van der Waals surface area contributed by atoms with Gasteiger partial charge in [-0.25, -0.2) is 0 Å². The fourth-order valence-corrected chi connectivity index (χ4v) is 2.43. The average Bonchev–Trinajstić information content (AvgIpc) is 2.61. The highest BCUT2D eigenvalue weighted by molar-refractivity contribution is 6.02. The molecule has 0 aromatic heterocycles. The number of halogens is 3. The van der Waals surface area contributed by atoms with Gasteiger partial charge in [-0.3, -0.25) is 0 Å². The molecule has 3 aromatic carbocycles. The van der Waals surface area contributed by atoms with E-state index in [9.17, 15) is 13.2 Å². The van der Waals surface area contributed by atoms with Crippen LogP contribution in [0.1, 0.15) is 5.56 Å². The lowest BCUT2D eigenvalue weighted by Gasteiger charge is -2.10. The molecule has 0 bridgehead atoms. The predicted octanol–water partition coefficient (Wildman–Crippen LogP) is 5.86. The molecule has 0 spiro atoms. The number of nitrogens with two attached hydrogens (primary N) is 1. The van der Waals surface area contributed by atoms with Gasteiger partial charge in [-0.15, -0.1) is 5.11 Å². The summed E-state index contributed by atoms with van der Waals surface area (Å²) in [6.45, 7) is 0. The minimum atomic E-state index is -4.38. The van der Waals surface area contributed by atoms with E-state index in [-0.39, 0.29) is 0 Å². The van der Waals surface area contributed by atoms with E-state index in [1.54, 1.807) is 6.07 Å². The van der Waals surface area contributed by atoms with Gasteiger partial charge in [0.1, 0.15) is 5.75 Å². The Bertz CT molecular complexity index is 935. The van der Waals surface area contributed by atoms with Gasteiger partial charge in [-0.05, 0) is 24.3 Å². The first kappa shape index (κ1) is 16.8. The van der Waals surface area contributed by atoms with E-state index < -0.39 is 11.7 Å². The Hall–Kier alpha value is -3.09. The first-order valence-corrected chi connectivity index (χ1v) is 7.34. The van der Waals surface area contributed by atoms with Gasteiger partial charge >= 0.3 is 6.18 Å². The first-order chi connectivity index (χ1) is 11.9. The van der Waals surface area contributed by atoms with Crippen LogP contribution in [0, 0.1) is 0 Å². The van der Waals surface area contributed by atoms with E-state index in [4.69, 9.17) is 10.5 Å². The molecule has 0 amide bonds. The smallest absolute Gasteiger partial charge is 0.416 e. The normalized spacial score (nSPS) is 12.0. The highest BCUT2D eigenvalue weighted by Gasteiger charge is 2.29. The topological polar surface area (TPSA) is 60.0 Å². The molecular formula is C18H14F3N3O. The molecule has 0 fully saturated rings.